The van der Waals surface area contributed by atoms with E-state index in [2.05, 4.69) is 5.32 Å². The molecule has 3 nitrogen and oxygen atoms in total. The van der Waals surface area contributed by atoms with Gasteiger partial charge in [-0.05, 0) is 31.5 Å². The average Bonchev–Trinajstić information content (AvgIpc) is 2.75. The van der Waals surface area contributed by atoms with Crippen LogP contribution in [0.5, 0.6) is 5.75 Å². The van der Waals surface area contributed by atoms with Gasteiger partial charge in [-0.2, -0.15) is 0 Å². The highest BCUT2D eigenvalue weighted by atomic mass is 35.5. The Morgan fingerprint density at radius 3 is 3.06 bits per heavy atom. The first-order valence-corrected chi connectivity index (χ1v) is 5.94. The molecule has 1 atom stereocenters. The van der Waals surface area contributed by atoms with Crippen LogP contribution in [0.2, 0.25) is 5.02 Å². The zero-order valence-corrected chi connectivity index (χ0v) is 10.1. The largest absolute Gasteiger partial charge is 0.492 e. The number of ether oxygens (including phenoxy) is 2. The maximum atomic E-state index is 6.10. The molecule has 0 saturated carbocycles. The summed E-state index contributed by atoms with van der Waals surface area (Å²) in [5, 5.41) is 4.03. The molecule has 1 unspecified atom stereocenters. The molecule has 1 heterocycles. The SMILES string of the molecule is CCOc1ccc(NC2CCOC2)cc1Cl. The van der Waals surface area contributed by atoms with Gasteiger partial charge in [0.25, 0.3) is 0 Å². The molecule has 1 aromatic rings. The van der Waals surface area contributed by atoms with Crippen molar-refractivity contribution in [3.05, 3.63) is 23.2 Å². The Kier molecular flexibility index (Phi) is 3.91. The number of anilines is 1. The Morgan fingerprint density at radius 2 is 2.44 bits per heavy atom. The van der Waals surface area contributed by atoms with E-state index in [-0.39, 0.29) is 0 Å². The van der Waals surface area contributed by atoms with E-state index >= 15 is 0 Å². The Morgan fingerprint density at radius 1 is 1.56 bits per heavy atom. The van der Waals surface area contributed by atoms with E-state index in [0.29, 0.717) is 17.7 Å². The maximum Gasteiger partial charge on any atom is 0.138 e. The van der Waals surface area contributed by atoms with Crippen LogP contribution in [0.1, 0.15) is 13.3 Å². The number of nitrogens with one attached hydrogen (secondary N) is 1. The van der Waals surface area contributed by atoms with E-state index in [0.717, 1.165) is 31.1 Å². The molecular weight excluding hydrogens is 226 g/mol. The highest BCUT2D eigenvalue weighted by molar-refractivity contribution is 6.32. The number of hydrogen-bond acceptors (Lipinski definition) is 3. The van der Waals surface area contributed by atoms with Crippen LogP contribution >= 0.6 is 11.6 Å². The van der Waals surface area contributed by atoms with Crippen molar-refractivity contribution in [3.63, 3.8) is 0 Å². The molecule has 4 heteroatoms. The molecule has 1 aromatic carbocycles. The molecule has 1 saturated heterocycles. The van der Waals surface area contributed by atoms with Crippen molar-refractivity contribution in [2.24, 2.45) is 0 Å². The average molecular weight is 242 g/mol. The number of benzene rings is 1. The van der Waals surface area contributed by atoms with Crippen molar-refractivity contribution in [2.75, 3.05) is 25.1 Å². The summed E-state index contributed by atoms with van der Waals surface area (Å²) in [6, 6.07) is 6.17. The van der Waals surface area contributed by atoms with Gasteiger partial charge >= 0.3 is 0 Å². The van der Waals surface area contributed by atoms with E-state index in [1.807, 2.05) is 25.1 Å². The minimum atomic E-state index is 0.397. The van der Waals surface area contributed by atoms with Crippen LogP contribution in [-0.2, 0) is 4.74 Å². The summed E-state index contributed by atoms with van der Waals surface area (Å²) in [6.07, 6.45) is 1.05. The number of hydrogen-bond donors (Lipinski definition) is 1. The van der Waals surface area contributed by atoms with Crippen molar-refractivity contribution in [2.45, 2.75) is 19.4 Å². The van der Waals surface area contributed by atoms with E-state index in [9.17, 15) is 0 Å². The second-order valence-corrected chi connectivity index (χ2v) is 4.19. The summed E-state index contributed by atoms with van der Waals surface area (Å²) in [4.78, 5) is 0. The summed E-state index contributed by atoms with van der Waals surface area (Å²) in [5.74, 6) is 0.734. The monoisotopic (exact) mass is 241 g/mol. The first kappa shape index (κ1) is 11.6. The summed E-state index contributed by atoms with van der Waals surface area (Å²) >= 11 is 6.10. The van der Waals surface area contributed by atoms with Crippen molar-refractivity contribution in [1.29, 1.82) is 0 Å². The quantitative estimate of drug-likeness (QED) is 0.879. The smallest absolute Gasteiger partial charge is 0.138 e. The van der Waals surface area contributed by atoms with Crippen LogP contribution in [0.3, 0.4) is 0 Å². The predicted molar refractivity (Wildman–Crippen MR) is 65.5 cm³/mol. The van der Waals surface area contributed by atoms with Gasteiger partial charge in [0.05, 0.1) is 24.3 Å². The first-order chi connectivity index (χ1) is 7.79. The highest BCUT2D eigenvalue weighted by Crippen LogP contribution is 2.28. The maximum absolute atomic E-state index is 6.10. The lowest BCUT2D eigenvalue weighted by Gasteiger charge is -2.13. The van der Waals surface area contributed by atoms with Gasteiger partial charge in [-0.3, -0.25) is 0 Å². The van der Waals surface area contributed by atoms with Crippen molar-refractivity contribution < 1.29 is 9.47 Å². The molecule has 0 amide bonds. The second kappa shape index (κ2) is 5.41. The van der Waals surface area contributed by atoms with Crippen LogP contribution in [0.4, 0.5) is 5.69 Å². The fourth-order valence-electron chi connectivity index (χ4n) is 1.75. The van der Waals surface area contributed by atoms with Gasteiger partial charge in [-0.25, -0.2) is 0 Å². The van der Waals surface area contributed by atoms with Gasteiger partial charge in [-0.1, -0.05) is 11.6 Å². The number of rotatable bonds is 4. The van der Waals surface area contributed by atoms with E-state index in [1.165, 1.54) is 0 Å². The van der Waals surface area contributed by atoms with Crippen LogP contribution in [-0.4, -0.2) is 25.9 Å². The van der Waals surface area contributed by atoms with Crippen molar-refractivity contribution >= 4 is 17.3 Å². The molecule has 16 heavy (non-hydrogen) atoms. The molecule has 0 spiro atoms. The van der Waals surface area contributed by atoms with Gasteiger partial charge in [-0.15, -0.1) is 0 Å². The Balaban J connectivity index is 2.02. The first-order valence-electron chi connectivity index (χ1n) is 5.56. The molecule has 0 bridgehead atoms. The van der Waals surface area contributed by atoms with Gasteiger partial charge in [0, 0.05) is 12.3 Å². The van der Waals surface area contributed by atoms with E-state index in [4.69, 9.17) is 21.1 Å². The Labute approximate surface area is 101 Å². The molecule has 88 valence electrons. The minimum absolute atomic E-state index is 0.397. The summed E-state index contributed by atoms with van der Waals surface area (Å²) in [5.41, 5.74) is 1.02. The normalized spacial score (nSPS) is 19.8. The molecule has 0 aromatic heterocycles. The summed E-state index contributed by atoms with van der Waals surface area (Å²) in [6.45, 7) is 4.18. The zero-order valence-electron chi connectivity index (χ0n) is 9.33. The number of halogens is 1. The third kappa shape index (κ3) is 2.80. The molecule has 0 radical (unpaired) electrons. The van der Waals surface area contributed by atoms with E-state index in [1.54, 1.807) is 0 Å². The fraction of sp³-hybridized carbons (Fsp3) is 0.500. The predicted octanol–water partition coefficient (Wildman–Crippen LogP) is 2.94. The highest BCUT2D eigenvalue weighted by Gasteiger charge is 2.15. The second-order valence-electron chi connectivity index (χ2n) is 3.78. The standard InChI is InChI=1S/C12H16ClNO2/c1-2-16-12-4-3-9(7-11(12)13)14-10-5-6-15-8-10/h3-4,7,10,14H,2,5-6,8H2,1H3. The van der Waals surface area contributed by atoms with E-state index < -0.39 is 0 Å². The minimum Gasteiger partial charge on any atom is -0.492 e. The fourth-order valence-corrected chi connectivity index (χ4v) is 1.98. The lowest BCUT2D eigenvalue weighted by Crippen LogP contribution is -2.18. The third-order valence-electron chi connectivity index (χ3n) is 2.53. The molecule has 1 N–H and O–H groups in total. The lowest BCUT2D eigenvalue weighted by molar-refractivity contribution is 0.195. The molecule has 0 aliphatic carbocycles. The summed E-state index contributed by atoms with van der Waals surface area (Å²) < 4.78 is 10.7. The molecule has 1 aliphatic heterocycles. The molecule has 1 aliphatic rings. The summed E-state index contributed by atoms with van der Waals surface area (Å²) in [7, 11) is 0. The third-order valence-corrected chi connectivity index (χ3v) is 2.83. The van der Waals surface area contributed by atoms with Crippen LogP contribution in [0.25, 0.3) is 0 Å². The van der Waals surface area contributed by atoms with Crippen LogP contribution < -0.4 is 10.1 Å². The lowest BCUT2D eigenvalue weighted by atomic mass is 10.2. The molecule has 1 fully saturated rings. The van der Waals surface area contributed by atoms with Gasteiger partial charge < -0.3 is 14.8 Å². The Bertz CT molecular complexity index is 351. The molecular formula is C12H16ClNO2. The zero-order chi connectivity index (χ0) is 11.4. The topological polar surface area (TPSA) is 30.5 Å². The molecule has 2 rings (SSSR count). The Hall–Kier alpha value is -0.930. The van der Waals surface area contributed by atoms with Crippen molar-refractivity contribution in [3.8, 4) is 5.75 Å². The van der Waals surface area contributed by atoms with Gasteiger partial charge in [0.2, 0.25) is 0 Å². The van der Waals surface area contributed by atoms with Crippen LogP contribution in [0, 0.1) is 0 Å². The van der Waals surface area contributed by atoms with Gasteiger partial charge in [0.1, 0.15) is 5.75 Å². The van der Waals surface area contributed by atoms with Gasteiger partial charge in [0.15, 0.2) is 0 Å². The van der Waals surface area contributed by atoms with Crippen LogP contribution in [0.15, 0.2) is 18.2 Å². The van der Waals surface area contributed by atoms with Crippen molar-refractivity contribution in [1.82, 2.24) is 0 Å².